The molecule has 2 N–H and O–H groups in total. The second-order valence-electron chi connectivity index (χ2n) is 6.53. The third kappa shape index (κ3) is 3.84. The minimum Gasteiger partial charge on any atom is -0.383 e. The molecule has 150 valence electrons. The van der Waals surface area contributed by atoms with E-state index < -0.39 is 0 Å². The zero-order valence-electron chi connectivity index (χ0n) is 16.5. The molecule has 3 aromatic heterocycles. The van der Waals surface area contributed by atoms with Crippen LogP contribution in [0.4, 0.5) is 5.82 Å². The lowest BCUT2D eigenvalue weighted by Gasteiger charge is -2.09. The van der Waals surface area contributed by atoms with Gasteiger partial charge in [0.25, 0.3) is 5.56 Å². The van der Waals surface area contributed by atoms with Gasteiger partial charge in [0.05, 0.1) is 6.61 Å². The van der Waals surface area contributed by atoms with Gasteiger partial charge in [0, 0.05) is 38.5 Å². The van der Waals surface area contributed by atoms with Crippen LogP contribution in [-0.4, -0.2) is 44.3 Å². The van der Waals surface area contributed by atoms with E-state index in [1.54, 1.807) is 17.9 Å². The molecule has 0 unspecified atom stereocenters. The van der Waals surface area contributed by atoms with E-state index in [2.05, 4.69) is 20.3 Å². The van der Waals surface area contributed by atoms with Crippen molar-refractivity contribution in [3.05, 3.63) is 39.2 Å². The number of aromatic amines is 1. The predicted octanol–water partition coefficient (Wildman–Crippen LogP) is 1.83. The lowest BCUT2D eigenvalue weighted by molar-refractivity contribution is 0.210. The van der Waals surface area contributed by atoms with Crippen molar-refractivity contribution in [2.24, 2.45) is 0 Å². The first-order valence-electron chi connectivity index (χ1n) is 9.53. The molecule has 0 bridgehead atoms. The van der Waals surface area contributed by atoms with Crippen LogP contribution in [0.3, 0.4) is 0 Å². The molecule has 0 saturated carbocycles. The zero-order chi connectivity index (χ0) is 20.1. The Hall–Kier alpha value is -2.94. The Kier molecular flexibility index (Phi) is 6.25. The van der Waals surface area contributed by atoms with Gasteiger partial charge in [-0.2, -0.15) is 0 Å². The van der Waals surface area contributed by atoms with Gasteiger partial charge in [-0.05, 0) is 25.0 Å². The quantitative estimate of drug-likeness (QED) is 0.543. The van der Waals surface area contributed by atoms with Crippen LogP contribution in [0.1, 0.15) is 26.7 Å². The Balaban J connectivity index is 2.04. The number of nitrogens with one attached hydrogen (secondary N) is 2. The summed E-state index contributed by atoms with van der Waals surface area (Å²) in [6, 6.07) is 3.71. The van der Waals surface area contributed by atoms with Gasteiger partial charge in [0.15, 0.2) is 5.65 Å². The lowest BCUT2D eigenvalue weighted by Crippen LogP contribution is -2.40. The van der Waals surface area contributed by atoms with E-state index in [0.717, 1.165) is 17.8 Å². The van der Waals surface area contributed by atoms with Crippen molar-refractivity contribution in [3.8, 4) is 11.4 Å². The number of pyridine rings is 1. The highest BCUT2D eigenvalue weighted by molar-refractivity contribution is 5.75. The minimum atomic E-state index is -0.334. The summed E-state index contributed by atoms with van der Waals surface area (Å²) in [7, 11) is 1.65. The van der Waals surface area contributed by atoms with Gasteiger partial charge in [-0.3, -0.25) is 13.9 Å². The molecule has 3 heterocycles. The van der Waals surface area contributed by atoms with Crippen molar-refractivity contribution < 1.29 is 4.74 Å². The van der Waals surface area contributed by atoms with Crippen LogP contribution in [0.2, 0.25) is 0 Å². The largest absolute Gasteiger partial charge is 0.383 e. The number of methoxy groups -OCH3 is 1. The molecule has 0 aliphatic rings. The maximum Gasteiger partial charge on any atom is 0.332 e. The molecule has 0 saturated heterocycles. The highest BCUT2D eigenvalue weighted by atomic mass is 16.5. The Morgan fingerprint density at radius 3 is 2.54 bits per heavy atom. The maximum absolute atomic E-state index is 12.8. The minimum absolute atomic E-state index is 0.310. The fourth-order valence-corrected chi connectivity index (χ4v) is 3.07. The molecule has 3 rings (SSSR count). The van der Waals surface area contributed by atoms with Gasteiger partial charge >= 0.3 is 5.69 Å². The average molecular weight is 386 g/mol. The van der Waals surface area contributed by atoms with Crippen molar-refractivity contribution in [2.75, 3.05) is 25.6 Å². The summed E-state index contributed by atoms with van der Waals surface area (Å²) in [5, 5.41) is 3.15. The number of hydrogen-bond acceptors (Lipinski definition) is 6. The predicted molar refractivity (Wildman–Crippen MR) is 109 cm³/mol. The third-order valence-corrected chi connectivity index (χ3v) is 4.40. The fraction of sp³-hybridized carbons (Fsp3) is 0.474. The third-order valence-electron chi connectivity index (χ3n) is 4.40. The van der Waals surface area contributed by atoms with Crippen LogP contribution in [0, 0.1) is 0 Å². The molecular weight excluding hydrogens is 360 g/mol. The summed E-state index contributed by atoms with van der Waals surface area (Å²) in [5.41, 5.74) is 0.833. The molecule has 9 heteroatoms. The van der Waals surface area contributed by atoms with Crippen molar-refractivity contribution in [1.82, 2.24) is 24.1 Å². The van der Waals surface area contributed by atoms with Crippen LogP contribution >= 0.6 is 0 Å². The SMILES string of the molecule is CCCn1c(=O)c2[nH]c(-c3ccc(NCCOC)nc3)nc2n(CCC)c1=O. The summed E-state index contributed by atoms with van der Waals surface area (Å²) in [6.45, 7) is 6.06. The van der Waals surface area contributed by atoms with Crippen LogP contribution in [0.25, 0.3) is 22.6 Å². The fourth-order valence-electron chi connectivity index (χ4n) is 3.07. The average Bonchev–Trinajstić information content (AvgIpc) is 3.15. The van der Waals surface area contributed by atoms with E-state index in [4.69, 9.17) is 4.74 Å². The van der Waals surface area contributed by atoms with Gasteiger partial charge < -0.3 is 15.0 Å². The highest BCUT2D eigenvalue weighted by Gasteiger charge is 2.17. The van der Waals surface area contributed by atoms with Crippen molar-refractivity contribution >= 4 is 17.0 Å². The number of aryl methyl sites for hydroxylation is 1. The first kappa shape index (κ1) is 19.8. The Bertz CT molecular complexity index is 1050. The molecule has 0 radical (unpaired) electrons. The number of aromatic nitrogens is 5. The summed E-state index contributed by atoms with van der Waals surface area (Å²) >= 11 is 0. The van der Waals surface area contributed by atoms with E-state index in [1.165, 1.54) is 4.57 Å². The van der Waals surface area contributed by atoms with Gasteiger partial charge in [0.2, 0.25) is 0 Å². The standard InChI is InChI=1S/C19H26N6O3/c1-4-9-24-17-15(18(26)25(10-5-2)19(24)27)22-16(23-17)13-6-7-14(21-12-13)20-8-11-28-3/h6-7,12H,4-5,8-11H2,1-3H3,(H,20,21)(H,22,23). The summed E-state index contributed by atoms with van der Waals surface area (Å²) in [4.78, 5) is 37.5. The van der Waals surface area contributed by atoms with E-state index in [1.807, 2.05) is 26.0 Å². The van der Waals surface area contributed by atoms with E-state index in [0.29, 0.717) is 49.7 Å². The number of rotatable bonds is 9. The smallest absolute Gasteiger partial charge is 0.332 e. The number of nitrogens with zero attached hydrogens (tertiary/aromatic N) is 4. The molecule has 0 aliphatic heterocycles. The first-order chi connectivity index (χ1) is 13.6. The molecule has 0 atom stereocenters. The van der Waals surface area contributed by atoms with Crippen LogP contribution in [-0.2, 0) is 17.8 Å². The van der Waals surface area contributed by atoms with Crippen molar-refractivity contribution in [2.45, 2.75) is 39.8 Å². The van der Waals surface area contributed by atoms with Gasteiger partial charge in [-0.15, -0.1) is 0 Å². The molecular formula is C19H26N6O3. The molecule has 0 aromatic carbocycles. The number of hydrogen-bond donors (Lipinski definition) is 2. The topological polar surface area (TPSA) is 107 Å². The molecule has 9 nitrogen and oxygen atoms in total. The number of anilines is 1. The summed E-state index contributed by atoms with van der Waals surface area (Å²) < 4.78 is 7.85. The van der Waals surface area contributed by atoms with E-state index in [9.17, 15) is 9.59 Å². The Labute approximate surface area is 162 Å². The van der Waals surface area contributed by atoms with Crippen LogP contribution in [0.5, 0.6) is 0 Å². The number of imidazole rings is 1. The Morgan fingerprint density at radius 2 is 1.89 bits per heavy atom. The zero-order valence-corrected chi connectivity index (χ0v) is 16.5. The normalized spacial score (nSPS) is 11.2. The molecule has 0 fully saturated rings. The lowest BCUT2D eigenvalue weighted by atomic mass is 10.2. The molecule has 28 heavy (non-hydrogen) atoms. The Morgan fingerprint density at radius 1 is 1.14 bits per heavy atom. The number of H-pyrrole nitrogens is 1. The monoisotopic (exact) mass is 386 g/mol. The number of fused-ring (bicyclic) bond motifs is 1. The summed E-state index contributed by atoms with van der Waals surface area (Å²) in [5.74, 6) is 1.24. The molecule has 0 spiro atoms. The first-order valence-corrected chi connectivity index (χ1v) is 9.53. The number of ether oxygens (including phenoxy) is 1. The highest BCUT2D eigenvalue weighted by Crippen LogP contribution is 2.19. The molecule has 3 aromatic rings. The molecule has 0 aliphatic carbocycles. The van der Waals surface area contributed by atoms with Gasteiger partial charge in [-0.25, -0.2) is 14.8 Å². The van der Waals surface area contributed by atoms with Gasteiger partial charge in [0.1, 0.15) is 17.2 Å². The van der Waals surface area contributed by atoms with E-state index >= 15 is 0 Å². The van der Waals surface area contributed by atoms with E-state index in [-0.39, 0.29) is 11.2 Å². The van der Waals surface area contributed by atoms with Crippen LogP contribution < -0.4 is 16.6 Å². The van der Waals surface area contributed by atoms with Crippen molar-refractivity contribution in [1.29, 1.82) is 0 Å². The second kappa shape index (κ2) is 8.83. The van der Waals surface area contributed by atoms with Gasteiger partial charge in [-0.1, -0.05) is 13.8 Å². The second-order valence-corrected chi connectivity index (χ2v) is 6.53. The summed E-state index contributed by atoms with van der Waals surface area (Å²) in [6.07, 6.45) is 3.15. The maximum atomic E-state index is 12.8. The molecule has 0 amide bonds. The van der Waals surface area contributed by atoms with Crippen LogP contribution in [0.15, 0.2) is 27.9 Å². The van der Waals surface area contributed by atoms with Crippen molar-refractivity contribution in [3.63, 3.8) is 0 Å².